The first-order valence-corrected chi connectivity index (χ1v) is 7.85. The molecule has 20 heavy (non-hydrogen) atoms. The number of hydrogen-bond donors (Lipinski definition) is 1. The molecule has 2 heterocycles. The zero-order valence-electron chi connectivity index (χ0n) is 12.5. The molecule has 0 aliphatic carbocycles. The number of carbonyl (C=O) groups is 1. The predicted octanol–water partition coefficient (Wildman–Crippen LogP) is 3.31. The van der Waals surface area contributed by atoms with Crippen LogP contribution in [0.25, 0.3) is 0 Å². The van der Waals surface area contributed by atoms with Crippen molar-refractivity contribution >= 4 is 11.6 Å². The Kier molecular flexibility index (Phi) is 3.68. The quantitative estimate of drug-likeness (QED) is 0.896. The number of hydrogen-bond acceptors (Lipinski definition) is 2. The third-order valence-corrected chi connectivity index (χ3v) is 4.66. The van der Waals surface area contributed by atoms with Gasteiger partial charge in [0.05, 0.1) is 0 Å². The van der Waals surface area contributed by atoms with Crippen molar-refractivity contribution in [1.82, 2.24) is 4.90 Å². The fourth-order valence-corrected chi connectivity index (χ4v) is 3.60. The van der Waals surface area contributed by atoms with Gasteiger partial charge in [0.25, 0.3) is 5.91 Å². The Balaban J connectivity index is 1.91. The summed E-state index contributed by atoms with van der Waals surface area (Å²) >= 11 is 0. The van der Waals surface area contributed by atoms with Crippen molar-refractivity contribution in [1.29, 1.82) is 0 Å². The van der Waals surface area contributed by atoms with Gasteiger partial charge in [0.15, 0.2) is 0 Å². The zero-order chi connectivity index (χ0) is 14.1. The van der Waals surface area contributed by atoms with Gasteiger partial charge in [-0.25, -0.2) is 0 Å². The third-order valence-electron chi connectivity index (χ3n) is 4.66. The lowest BCUT2D eigenvalue weighted by molar-refractivity contribution is 0.0700. The zero-order valence-corrected chi connectivity index (χ0v) is 12.5. The summed E-state index contributed by atoms with van der Waals surface area (Å²) in [6, 6.07) is 6.51. The van der Waals surface area contributed by atoms with Crippen molar-refractivity contribution in [2.75, 3.05) is 18.4 Å². The lowest BCUT2D eigenvalue weighted by Gasteiger charge is -2.29. The molecule has 0 saturated carbocycles. The molecule has 0 radical (unpaired) electrons. The molecule has 1 unspecified atom stereocenters. The molecule has 3 heteroatoms. The summed E-state index contributed by atoms with van der Waals surface area (Å²) in [4.78, 5) is 15.0. The molecular weight excluding hydrogens is 248 g/mol. The van der Waals surface area contributed by atoms with Crippen LogP contribution in [-0.2, 0) is 6.42 Å². The van der Waals surface area contributed by atoms with Crippen molar-refractivity contribution < 1.29 is 4.79 Å². The molecule has 1 saturated heterocycles. The van der Waals surface area contributed by atoms with Gasteiger partial charge in [-0.05, 0) is 49.3 Å². The summed E-state index contributed by atoms with van der Waals surface area (Å²) in [6.07, 6.45) is 4.42. The van der Waals surface area contributed by atoms with Crippen LogP contribution in [0.15, 0.2) is 18.2 Å². The molecule has 0 spiro atoms. The average Bonchev–Trinajstić information content (AvgIpc) is 2.95. The van der Waals surface area contributed by atoms with Crippen molar-refractivity contribution in [2.24, 2.45) is 5.92 Å². The largest absolute Gasteiger partial charge is 0.385 e. The molecule has 1 fully saturated rings. The maximum atomic E-state index is 12.9. The van der Waals surface area contributed by atoms with Crippen LogP contribution < -0.4 is 5.32 Å². The first-order chi connectivity index (χ1) is 9.68. The molecule has 1 atom stereocenters. The van der Waals surface area contributed by atoms with Gasteiger partial charge in [-0.2, -0.15) is 0 Å². The van der Waals surface area contributed by atoms with Crippen molar-refractivity contribution in [2.45, 2.75) is 45.6 Å². The standard InChI is InChI=1S/C17H24N2O/c1-12(2)16-9-5-11-19(16)17(20)14-6-3-8-15-13(14)7-4-10-18-15/h3,6,8,12,16,18H,4-5,7,9-11H2,1-2H3. The van der Waals surface area contributed by atoms with Gasteiger partial charge in [-0.3, -0.25) is 4.79 Å². The Morgan fingerprint density at radius 2 is 2.20 bits per heavy atom. The van der Waals surface area contributed by atoms with Crippen LogP contribution in [0.1, 0.15) is 49.0 Å². The van der Waals surface area contributed by atoms with Crippen LogP contribution in [0.5, 0.6) is 0 Å². The van der Waals surface area contributed by atoms with Crippen LogP contribution in [0.2, 0.25) is 0 Å². The Labute approximate surface area is 121 Å². The molecule has 3 nitrogen and oxygen atoms in total. The molecule has 0 aromatic heterocycles. The van der Waals surface area contributed by atoms with Gasteiger partial charge in [-0.1, -0.05) is 19.9 Å². The van der Waals surface area contributed by atoms with Crippen molar-refractivity contribution in [3.8, 4) is 0 Å². The number of nitrogens with one attached hydrogen (secondary N) is 1. The number of benzene rings is 1. The highest BCUT2D eigenvalue weighted by Crippen LogP contribution is 2.30. The van der Waals surface area contributed by atoms with E-state index in [4.69, 9.17) is 0 Å². The average molecular weight is 272 g/mol. The van der Waals surface area contributed by atoms with E-state index in [0.717, 1.165) is 50.0 Å². The normalized spacial score (nSPS) is 21.8. The van der Waals surface area contributed by atoms with E-state index in [1.165, 1.54) is 5.56 Å². The minimum atomic E-state index is 0.238. The SMILES string of the molecule is CC(C)C1CCCN1C(=O)c1cccc2c1CCCN2. The summed E-state index contributed by atoms with van der Waals surface area (Å²) < 4.78 is 0. The molecular formula is C17H24N2O. The van der Waals surface area contributed by atoms with Gasteiger partial charge < -0.3 is 10.2 Å². The number of anilines is 1. The van der Waals surface area contributed by atoms with E-state index in [1.54, 1.807) is 0 Å². The Bertz CT molecular complexity index is 510. The van der Waals surface area contributed by atoms with E-state index in [1.807, 2.05) is 12.1 Å². The summed E-state index contributed by atoms with van der Waals surface area (Å²) in [6.45, 7) is 6.37. The molecule has 1 N–H and O–H groups in total. The van der Waals surface area contributed by atoms with Crippen LogP contribution >= 0.6 is 0 Å². The van der Waals surface area contributed by atoms with E-state index >= 15 is 0 Å². The highest BCUT2D eigenvalue weighted by molar-refractivity contribution is 5.97. The summed E-state index contributed by atoms with van der Waals surface area (Å²) in [5.41, 5.74) is 3.29. The van der Waals surface area contributed by atoms with E-state index < -0.39 is 0 Å². The maximum Gasteiger partial charge on any atom is 0.254 e. The molecule has 1 aromatic rings. The molecule has 0 bridgehead atoms. The molecule has 3 rings (SSSR count). The summed E-state index contributed by atoms with van der Waals surface area (Å²) in [5, 5.41) is 3.41. The molecule has 108 valence electrons. The lowest BCUT2D eigenvalue weighted by atomic mass is 9.95. The first kappa shape index (κ1) is 13.5. The molecule has 2 aliphatic rings. The molecule has 1 amide bonds. The maximum absolute atomic E-state index is 12.9. The van der Waals surface area contributed by atoms with E-state index in [9.17, 15) is 4.79 Å². The number of amides is 1. The number of rotatable bonds is 2. The van der Waals surface area contributed by atoms with Crippen molar-refractivity contribution in [3.63, 3.8) is 0 Å². The van der Waals surface area contributed by atoms with Gasteiger partial charge in [-0.15, -0.1) is 0 Å². The Morgan fingerprint density at radius 1 is 1.35 bits per heavy atom. The third kappa shape index (κ3) is 2.30. The van der Waals surface area contributed by atoms with Gasteiger partial charge in [0.2, 0.25) is 0 Å². The first-order valence-electron chi connectivity index (χ1n) is 7.85. The highest BCUT2D eigenvalue weighted by Gasteiger charge is 2.32. The fourth-order valence-electron chi connectivity index (χ4n) is 3.60. The summed E-state index contributed by atoms with van der Waals surface area (Å²) in [5.74, 6) is 0.779. The van der Waals surface area contributed by atoms with Gasteiger partial charge in [0, 0.05) is 30.4 Å². The summed E-state index contributed by atoms with van der Waals surface area (Å²) in [7, 11) is 0. The number of carbonyl (C=O) groups excluding carboxylic acids is 1. The topological polar surface area (TPSA) is 32.3 Å². The number of nitrogens with zero attached hydrogens (tertiary/aromatic N) is 1. The van der Waals surface area contributed by atoms with E-state index in [2.05, 4.69) is 30.1 Å². The van der Waals surface area contributed by atoms with Crippen LogP contribution in [0.3, 0.4) is 0 Å². The second-order valence-electron chi connectivity index (χ2n) is 6.31. The Hall–Kier alpha value is -1.51. The second-order valence-corrected chi connectivity index (χ2v) is 6.31. The van der Waals surface area contributed by atoms with Crippen LogP contribution in [0.4, 0.5) is 5.69 Å². The molecule has 2 aliphatic heterocycles. The van der Waals surface area contributed by atoms with Crippen molar-refractivity contribution in [3.05, 3.63) is 29.3 Å². The minimum absolute atomic E-state index is 0.238. The van der Waals surface area contributed by atoms with E-state index in [-0.39, 0.29) is 5.91 Å². The van der Waals surface area contributed by atoms with Gasteiger partial charge in [0.1, 0.15) is 0 Å². The van der Waals surface area contributed by atoms with E-state index in [0.29, 0.717) is 12.0 Å². The fraction of sp³-hybridized carbons (Fsp3) is 0.588. The highest BCUT2D eigenvalue weighted by atomic mass is 16.2. The second kappa shape index (κ2) is 5.47. The van der Waals surface area contributed by atoms with Gasteiger partial charge >= 0.3 is 0 Å². The van der Waals surface area contributed by atoms with Crippen LogP contribution in [0, 0.1) is 5.92 Å². The smallest absolute Gasteiger partial charge is 0.254 e. The minimum Gasteiger partial charge on any atom is -0.385 e. The predicted molar refractivity (Wildman–Crippen MR) is 82.1 cm³/mol. The monoisotopic (exact) mass is 272 g/mol. The number of fused-ring (bicyclic) bond motifs is 1. The molecule has 1 aromatic carbocycles. The Morgan fingerprint density at radius 3 is 3.00 bits per heavy atom. The number of likely N-dealkylation sites (tertiary alicyclic amines) is 1. The lowest BCUT2D eigenvalue weighted by Crippen LogP contribution is -2.39. The van der Waals surface area contributed by atoms with Crippen LogP contribution in [-0.4, -0.2) is 29.9 Å².